The number of ether oxygens (including phenoxy) is 1. The predicted octanol–water partition coefficient (Wildman–Crippen LogP) is 3.54. The van der Waals surface area contributed by atoms with Gasteiger partial charge in [0.2, 0.25) is 11.8 Å². The van der Waals surface area contributed by atoms with E-state index in [1.54, 1.807) is 0 Å². The van der Waals surface area contributed by atoms with E-state index in [2.05, 4.69) is 5.32 Å². The number of nitrogens with zero attached hydrogens (tertiary/aromatic N) is 1. The summed E-state index contributed by atoms with van der Waals surface area (Å²) >= 11 is 0. The molecule has 2 bridgehead atoms. The Morgan fingerprint density at radius 3 is 2.61 bits per heavy atom. The number of rotatable bonds is 8. The summed E-state index contributed by atoms with van der Waals surface area (Å²) in [4.78, 5) is 29.4. The van der Waals surface area contributed by atoms with Crippen molar-refractivity contribution in [3.8, 4) is 5.75 Å². The summed E-state index contributed by atoms with van der Waals surface area (Å²) in [5, 5.41) is 23.9. The van der Waals surface area contributed by atoms with E-state index in [4.69, 9.17) is 4.74 Å². The van der Waals surface area contributed by atoms with Crippen molar-refractivity contribution < 1.29 is 24.5 Å². The molecule has 5 aliphatic rings. The number of para-hydroxylation sites is 1. The molecule has 7 nitrogen and oxygen atoms in total. The van der Waals surface area contributed by atoms with Crippen molar-refractivity contribution in [1.29, 1.82) is 0 Å². The first-order chi connectivity index (χ1) is 18.5. The Bertz CT molecular complexity index is 1070. The van der Waals surface area contributed by atoms with Crippen LogP contribution in [-0.2, 0) is 9.59 Å². The SMILES string of the molecule is O=C(NCCO)C1=CC(N(CC2CCCCC2)C(=O)CC2CC3CCC2C3)C(O)C2Oc3ccccc3C12. The van der Waals surface area contributed by atoms with E-state index >= 15 is 0 Å². The van der Waals surface area contributed by atoms with Gasteiger partial charge >= 0.3 is 0 Å². The van der Waals surface area contributed by atoms with Gasteiger partial charge in [-0.05, 0) is 67.9 Å². The Morgan fingerprint density at radius 2 is 1.87 bits per heavy atom. The van der Waals surface area contributed by atoms with E-state index < -0.39 is 24.2 Å². The molecule has 1 aliphatic heterocycles. The molecule has 38 heavy (non-hydrogen) atoms. The van der Waals surface area contributed by atoms with Gasteiger partial charge in [-0.15, -0.1) is 0 Å². The van der Waals surface area contributed by atoms with Crippen LogP contribution in [0.3, 0.4) is 0 Å². The minimum Gasteiger partial charge on any atom is -0.486 e. The van der Waals surface area contributed by atoms with E-state index in [9.17, 15) is 19.8 Å². The number of fused-ring (bicyclic) bond motifs is 5. The monoisotopic (exact) mass is 522 g/mol. The summed E-state index contributed by atoms with van der Waals surface area (Å²) in [5.74, 6) is 2.39. The molecular weight excluding hydrogens is 480 g/mol. The summed E-state index contributed by atoms with van der Waals surface area (Å²) in [6.45, 7) is 0.619. The highest BCUT2D eigenvalue weighted by molar-refractivity contribution is 5.96. The number of nitrogens with one attached hydrogen (secondary N) is 1. The van der Waals surface area contributed by atoms with Crippen LogP contribution in [0.15, 0.2) is 35.9 Å². The largest absolute Gasteiger partial charge is 0.486 e. The fourth-order valence-electron chi connectivity index (χ4n) is 8.20. The van der Waals surface area contributed by atoms with Gasteiger partial charge in [-0.25, -0.2) is 0 Å². The van der Waals surface area contributed by atoms with Crippen molar-refractivity contribution >= 4 is 11.8 Å². The van der Waals surface area contributed by atoms with Crippen LogP contribution in [-0.4, -0.2) is 64.9 Å². The van der Waals surface area contributed by atoms with Gasteiger partial charge in [0.15, 0.2) is 0 Å². The maximum Gasteiger partial charge on any atom is 0.247 e. The summed E-state index contributed by atoms with van der Waals surface area (Å²) < 4.78 is 6.27. The Balaban J connectivity index is 1.32. The van der Waals surface area contributed by atoms with E-state index in [0.717, 1.165) is 30.7 Å². The molecule has 1 heterocycles. The molecule has 206 valence electrons. The van der Waals surface area contributed by atoms with Crippen LogP contribution in [0.4, 0.5) is 0 Å². The van der Waals surface area contributed by atoms with E-state index in [1.807, 2.05) is 35.2 Å². The molecule has 4 aliphatic carbocycles. The minimum absolute atomic E-state index is 0.109. The van der Waals surface area contributed by atoms with Crippen LogP contribution in [0, 0.1) is 23.7 Å². The minimum atomic E-state index is -0.936. The molecule has 1 aromatic carbocycles. The third-order valence-electron chi connectivity index (χ3n) is 10.1. The molecule has 3 N–H and O–H groups in total. The van der Waals surface area contributed by atoms with Crippen molar-refractivity contribution in [3.63, 3.8) is 0 Å². The highest BCUT2D eigenvalue weighted by Crippen LogP contribution is 2.50. The fourth-order valence-corrected chi connectivity index (χ4v) is 8.20. The van der Waals surface area contributed by atoms with Gasteiger partial charge in [-0.3, -0.25) is 9.59 Å². The summed E-state index contributed by atoms with van der Waals surface area (Å²) in [6, 6.07) is 7.01. The second-order valence-corrected chi connectivity index (χ2v) is 12.4. The number of carbonyl (C=O) groups excluding carboxylic acids is 2. The van der Waals surface area contributed by atoms with Crippen LogP contribution in [0.2, 0.25) is 0 Å². The van der Waals surface area contributed by atoms with Crippen molar-refractivity contribution in [1.82, 2.24) is 10.2 Å². The fraction of sp³-hybridized carbons (Fsp3) is 0.677. The molecule has 0 saturated heterocycles. The van der Waals surface area contributed by atoms with Crippen LogP contribution in [0.25, 0.3) is 0 Å². The maximum absolute atomic E-state index is 14.1. The average Bonchev–Trinajstić information content (AvgIpc) is 3.66. The normalized spacial score (nSPS) is 33.7. The molecule has 7 atom stereocenters. The van der Waals surface area contributed by atoms with Crippen LogP contribution in [0.5, 0.6) is 5.75 Å². The Hall–Kier alpha value is -2.38. The topological polar surface area (TPSA) is 99.1 Å². The lowest BCUT2D eigenvalue weighted by Crippen LogP contribution is -2.57. The van der Waals surface area contributed by atoms with E-state index in [-0.39, 0.29) is 25.0 Å². The van der Waals surface area contributed by atoms with Crippen molar-refractivity contribution in [3.05, 3.63) is 41.5 Å². The smallest absolute Gasteiger partial charge is 0.247 e. The van der Waals surface area contributed by atoms with Gasteiger partial charge in [0.05, 0.1) is 18.6 Å². The van der Waals surface area contributed by atoms with Crippen molar-refractivity contribution in [2.24, 2.45) is 23.7 Å². The second-order valence-electron chi connectivity index (χ2n) is 12.4. The van der Waals surface area contributed by atoms with Crippen LogP contribution in [0.1, 0.15) is 75.7 Å². The number of aliphatic hydroxyl groups excluding tert-OH is 2. The highest BCUT2D eigenvalue weighted by atomic mass is 16.5. The molecule has 3 fully saturated rings. The molecule has 2 amide bonds. The van der Waals surface area contributed by atoms with Crippen LogP contribution >= 0.6 is 0 Å². The summed E-state index contributed by atoms with van der Waals surface area (Å²) in [5.41, 5.74) is 1.40. The number of hydrogen-bond acceptors (Lipinski definition) is 5. The summed E-state index contributed by atoms with van der Waals surface area (Å²) in [6.07, 6.45) is 11.6. The number of benzene rings is 1. The number of aliphatic hydroxyl groups is 2. The van der Waals surface area contributed by atoms with E-state index in [0.29, 0.717) is 42.0 Å². The van der Waals surface area contributed by atoms with Gasteiger partial charge in [0.1, 0.15) is 18.0 Å². The van der Waals surface area contributed by atoms with Gasteiger partial charge in [0.25, 0.3) is 0 Å². The molecule has 3 saturated carbocycles. The zero-order chi connectivity index (χ0) is 26.2. The Kier molecular flexibility index (Phi) is 7.50. The van der Waals surface area contributed by atoms with Gasteiger partial charge < -0.3 is 25.2 Å². The van der Waals surface area contributed by atoms with Crippen LogP contribution < -0.4 is 10.1 Å². The predicted molar refractivity (Wildman–Crippen MR) is 143 cm³/mol. The molecule has 0 radical (unpaired) electrons. The second kappa shape index (κ2) is 11.0. The molecule has 0 spiro atoms. The molecular formula is C31H42N2O5. The number of amides is 2. The third-order valence-corrected chi connectivity index (χ3v) is 10.1. The molecule has 7 heteroatoms. The highest BCUT2D eigenvalue weighted by Gasteiger charge is 2.51. The first-order valence-electron chi connectivity index (χ1n) is 14.9. The third kappa shape index (κ3) is 4.88. The van der Waals surface area contributed by atoms with Crippen molar-refractivity contribution in [2.45, 2.75) is 88.4 Å². The lowest BCUT2D eigenvalue weighted by atomic mass is 9.77. The zero-order valence-corrected chi connectivity index (χ0v) is 22.3. The van der Waals surface area contributed by atoms with Gasteiger partial charge in [-0.2, -0.15) is 0 Å². The Morgan fingerprint density at radius 1 is 1.05 bits per heavy atom. The molecule has 7 unspecified atom stereocenters. The van der Waals surface area contributed by atoms with Crippen molar-refractivity contribution in [2.75, 3.05) is 19.7 Å². The standard InChI is InChI=1S/C31H42N2O5/c34-13-12-32-31(37)24-17-25(29(36)30-28(24)23-8-4-5-9-26(23)38-30)33(18-19-6-2-1-3-7-19)27(35)16-22-15-20-10-11-21(22)14-20/h4-5,8-9,17,19-22,25,28-30,34,36H,1-3,6-7,10-16,18H2,(H,32,37). The lowest BCUT2D eigenvalue weighted by molar-refractivity contribution is -0.139. The lowest BCUT2D eigenvalue weighted by Gasteiger charge is -2.42. The Labute approximate surface area is 225 Å². The first kappa shape index (κ1) is 25.9. The van der Waals surface area contributed by atoms with Gasteiger partial charge in [0, 0.05) is 30.6 Å². The van der Waals surface area contributed by atoms with Gasteiger partial charge in [-0.1, -0.05) is 43.9 Å². The quantitative estimate of drug-likeness (QED) is 0.485. The summed E-state index contributed by atoms with van der Waals surface area (Å²) in [7, 11) is 0. The zero-order valence-electron chi connectivity index (χ0n) is 22.3. The molecule has 1 aromatic rings. The average molecular weight is 523 g/mol. The molecule has 6 rings (SSSR count). The number of carbonyl (C=O) groups is 2. The first-order valence-corrected chi connectivity index (χ1v) is 14.9. The van der Waals surface area contributed by atoms with E-state index in [1.165, 1.54) is 38.5 Å². The number of hydrogen-bond donors (Lipinski definition) is 3. The molecule has 0 aromatic heterocycles. The maximum atomic E-state index is 14.1.